The number of aliphatic imine (C=N–C) groups is 1. The molecule has 0 saturated heterocycles. The van der Waals surface area contributed by atoms with E-state index >= 15 is 0 Å². The van der Waals surface area contributed by atoms with Crippen molar-refractivity contribution in [3.63, 3.8) is 0 Å². The van der Waals surface area contributed by atoms with Crippen LogP contribution in [-0.2, 0) is 17.8 Å². The van der Waals surface area contributed by atoms with Crippen molar-refractivity contribution in [3.8, 4) is 0 Å². The van der Waals surface area contributed by atoms with Crippen molar-refractivity contribution in [1.29, 1.82) is 0 Å². The summed E-state index contributed by atoms with van der Waals surface area (Å²) >= 11 is 1.79. The van der Waals surface area contributed by atoms with Gasteiger partial charge in [-0.25, -0.2) is 4.99 Å². The van der Waals surface area contributed by atoms with E-state index in [9.17, 15) is 4.79 Å². The van der Waals surface area contributed by atoms with Gasteiger partial charge in [0.1, 0.15) is 6.54 Å². The number of carbonyl (C=O) groups is 1. The van der Waals surface area contributed by atoms with Crippen LogP contribution in [0.3, 0.4) is 0 Å². The molecule has 0 bridgehead atoms. The van der Waals surface area contributed by atoms with Crippen LogP contribution < -0.4 is 10.6 Å². The van der Waals surface area contributed by atoms with Crippen LogP contribution >= 0.6 is 11.3 Å². The van der Waals surface area contributed by atoms with Crippen LogP contribution in [0.4, 0.5) is 0 Å². The summed E-state index contributed by atoms with van der Waals surface area (Å²) in [5.74, 6) is 0.836. The van der Waals surface area contributed by atoms with Crippen molar-refractivity contribution in [1.82, 2.24) is 20.4 Å². The van der Waals surface area contributed by atoms with Gasteiger partial charge in [-0.1, -0.05) is 13.8 Å². The molecule has 1 atom stereocenters. The first kappa shape index (κ1) is 22.7. The SMILES string of the molecule is CCNC(=NCC(=O)N1CCc2sccc2C1)NC(C)CCCN(CC)CC. The molecule has 0 radical (unpaired) electrons. The highest BCUT2D eigenvalue weighted by molar-refractivity contribution is 7.10. The fraction of sp³-hybridized carbons (Fsp3) is 0.714. The highest BCUT2D eigenvalue weighted by atomic mass is 32.1. The Hall–Kier alpha value is -1.60. The molecule has 6 nitrogen and oxygen atoms in total. The van der Waals surface area contributed by atoms with E-state index in [1.54, 1.807) is 11.3 Å². The summed E-state index contributed by atoms with van der Waals surface area (Å²) in [6, 6.07) is 2.46. The average Bonchev–Trinajstić information content (AvgIpc) is 3.17. The summed E-state index contributed by atoms with van der Waals surface area (Å²) in [4.78, 5) is 22.9. The molecule has 1 amide bonds. The molecule has 1 unspecified atom stereocenters. The lowest BCUT2D eigenvalue weighted by atomic mass is 10.1. The Balaban J connectivity index is 1.80. The summed E-state index contributed by atoms with van der Waals surface area (Å²) in [5.41, 5.74) is 1.29. The minimum absolute atomic E-state index is 0.100. The topological polar surface area (TPSA) is 60.0 Å². The summed E-state index contributed by atoms with van der Waals surface area (Å²) in [6.45, 7) is 14.5. The van der Waals surface area contributed by atoms with Gasteiger partial charge in [-0.05, 0) is 69.8 Å². The van der Waals surface area contributed by atoms with Gasteiger partial charge in [0.15, 0.2) is 5.96 Å². The lowest BCUT2D eigenvalue weighted by Crippen LogP contribution is -2.43. The third-order valence-corrected chi connectivity index (χ3v) is 6.29. The zero-order valence-corrected chi connectivity index (χ0v) is 18.8. The molecule has 2 heterocycles. The first-order valence-corrected chi connectivity index (χ1v) is 11.5. The van der Waals surface area contributed by atoms with Crippen LogP contribution in [0.25, 0.3) is 0 Å². The maximum absolute atomic E-state index is 12.6. The molecule has 28 heavy (non-hydrogen) atoms. The zero-order valence-electron chi connectivity index (χ0n) is 18.0. The monoisotopic (exact) mass is 407 g/mol. The van der Waals surface area contributed by atoms with E-state index in [4.69, 9.17) is 0 Å². The molecular weight excluding hydrogens is 370 g/mol. The maximum atomic E-state index is 12.6. The molecule has 0 aromatic carbocycles. The van der Waals surface area contributed by atoms with Crippen molar-refractivity contribution >= 4 is 23.2 Å². The van der Waals surface area contributed by atoms with E-state index in [0.717, 1.165) is 64.5 Å². The van der Waals surface area contributed by atoms with E-state index in [2.05, 4.69) is 52.7 Å². The van der Waals surface area contributed by atoms with Gasteiger partial charge in [0.25, 0.3) is 0 Å². The van der Waals surface area contributed by atoms with Gasteiger partial charge in [-0.3, -0.25) is 4.79 Å². The predicted octanol–water partition coefficient (Wildman–Crippen LogP) is 2.70. The van der Waals surface area contributed by atoms with Gasteiger partial charge in [0, 0.05) is 30.6 Å². The first-order chi connectivity index (χ1) is 13.6. The standard InChI is InChI=1S/C21H37N5OS/c1-5-22-21(24-17(4)9-8-12-25(6-2)7-3)23-15-20(27)26-13-10-19-18(16-26)11-14-28-19/h11,14,17H,5-10,12-13,15-16H2,1-4H3,(H2,22,23,24). The molecule has 1 aliphatic heterocycles. The van der Waals surface area contributed by atoms with E-state index in [1.807, 2.05) is 11.8 Å². The van der Waals surface area contributed by atoms with E-state index < -0.39 is 0 Å². The van der Waals surface area contributed by atoms with Crippen LogP contribution in [0.2, 0.25) is 0 Å². The molecule has 0 fully saturated rings. The Bertz CT molecular complexity index is 626. The molecule has 2 N–H and O–H groups in total. The summed E-state index contributed by atoms with van der Waals surface area (Å²) < 4.78 is 0. The quantitative estimate of drug-likeness (QED) is 0.462. The Morgan fingerprint density at radius 2 is 2.14 bits per heavy atom. The third kappa shape index (κ3) is 7.09. The summed E-state index contributed by atoms with van der Waals surface area (Å²) in [6.07, 6.45) is 3.21. The number of nitrogens with one attached hydrogen (secondary N) is 2. The predicted molar refractivity (Wildman–Crippen MR) is 119 cm³/mol. The zero-order chi connectivity index (χ0) is 20.4. The van der Waals surface area contributed by atoms with E-state index in [1.165, 1.54) is 10.4 Å². The number of guanidine groups is 1. The van der Waals surface area contributed by atoms with Crippen LogP contribution in [0, 0.1) is 0 Å². The van der Waals surface area contributed by atoms with Crippen molar-refractivity contribution in [3.05, 3.63) is 21.9 Å². The van der Waals surface area contributed by atoms with Crippen LogP contribution in [0.1, 0.15) is 51.0 Å². The highest BCUT2D eigenvalue weighted by Crippen LogP contribution is 2.23. The lowest BCUT2D eigenvalue weighted by Gasteiger charge is -2.26. The minimum Gasteiger partial charge on any atom is -0.357 e. The van der Waals surface area contributed by atoms with Crippen LogP contribution in [0.5, 0.6) is 0 Å². The van der Waals surface area contributed by atoms with Crippen molar-refractivity contribution in [2.24, 2.45) is 4.99 Å². The minimum atomic E-state index is 0.100. The number of hydrogen-bond donors (Lipinski definition) is 2. The highest BCUT2D eigenvalue weighted by Gasteiger charge is 2.21. The molecule has 0 aliphatic carbocycles. The Morgan fingerprint density at radius 3 is 2.86 bits per heavy atom. The third-order valence-electron chi connectivity index (χ3n) is 5.27. The number of carbonyl (C=O) groups excluding carboxylic acids is 1. The molecule has 1 aromatic heterocycles. The van der Waals surface area contributed by atoms with Crippen LogP contribution in [-0.4, -0.2) is 67.0 Å². The fourth-order valence-electron chi connectivity index (χ4n) is 3.49. The average molecular weight is 408 g/mol. The van der Waals surface area contributed by atoms with Gasteiger partial charge >= 0.3 is 0 Å². The fourth-order valence-corrected chi connectivity index (χ4v) is 4.38. The molecule has 0 saturated carbocycles. The second-order valence-corrected chi connectivity index (χ2v) is 8.34. The molecule has 1 aromatic rings. The molecule has 1 aliphatic rings. The largest absolute Gasteiger partial charge is 0.357 e. The van der Waals surface area contributed by atoms with Gasteiger partial charge in [0.05, 0.1) is 0 Å². The van der Waals surface area contributed by atoms with Crippen molar-refractivity contribution in [2.45, 2.75) is 59.5 Å². The number of fused-ring (bicyclic) bond motifs is 1. The number of nitrogens with zero attached hydrogens (tertiary/aromatic N) is 3. The van der Waals surface area contributed by atoms with Crippen molar-refractivity contribution in [2.75, 3.05) is 39.3 Å². The number of thiophene rings is 1. The second kappa shape index (κ2) is 12.1. The Kier molecular flexibility index (Phi) is 9.78. The number of rotatable bonds is 10. The van der Waals surface area contributed by atoms with Crippen LogP contribution in [0.15, 0.2) is 16.4 Å². The maximum Gasteiger partial charge on any atom is 0.244 e. The lowest BCUT2D eigenvalue weighted by molar-refractivity contribution is -0.130. The van der Waals surface area contributed by atoms with Gasteiger partial charge in [-0.15, -0.1) is 11.3 Å². The summed E-state index contributed by atoms with van der Waals surface area (Å²) in [5, 5.41) is 8.83. The van der Waals surface area contributed by atoms with Gasteiger partial charge in [-0.2, -0.15) is 0 Å². The smallest absolute Gasteiger partial charge is 0.244 e. The first-order valence-electron chi connectivity index (χ1n) is 10.7. The second-order valence-electron chi connectivity index (χ2n) is 7.34. The summed E-state index contributed by atoms with van der Waals surface area (Å²) in [7, 11) is 0. The van der Waals surface area contributed by atoms with Gasteiger partial charge in [0.2, 0.25) is 5.91 Å². The molecule has 7 heteroatoms. The van der Waals surface area contributed by atoms with E-state index in [-0.39, 0.29) is 12.5 Å². The Labute approximate surface area is 174 Å². The molecule has 158 valence electrons. The van der Waals surface area contributed by atoms with E-state index in [0.29, 0.717) is 6.04 Å². The van der Waals surface area contributed by atoms with Gasteiger partial charge < -0.3 is 20.4 Å². The normalized spacial score (nSPS) is 15.5. The molecule has 2 rings (SSSR count). The molecular formula is C21H37N5OS. The Morgan fingerprint density at radius 1 is 1.36 bits per heavy atom. The number of amides is 1. The molecule has 0 spiro atoms. The van der Waals surface area contributed by atoms with Crippen molar-refractivity contribution < 1.29 is 4.79 Å². The number of hydrogen-bond acceptors (Lipinski definition) is 4.